The standard InChI is InChI=1S/C25H26N6O2/c1-29(2)25(32)16(14-26)13-18-9-10-21(33-18)24-28-20-15-27-23-19(11-12-30(23)3)22(20)31(24)17-7-5-4-6-8-17/h9-13,15,17H,4-8H2,1-3H3. The highest BCUT2D eigenvalue weighted by molar-refractivity contribution is 6.03. The lowest BCUT2D eigenvalue weighted by Gasteiger charge is -2.25. The summed E-state index contributed by atoms with van der Waals surface area (Å²) in [6.07, 6.45) is 11.2. The van der Waals surface area contributed by atoms with E-state index in [-0.39, 0.29) is 11.5 Å². The third-order valence-corrected chi connectivity index (χ3v) is 6.37. The van der Waals surface area contributed by atoms with Crippen molar-refractivity contribution < 1.29 is 9.21 Å². The number of nitrogens with zero attached hydrogens (tertiary/aromatic N) is 6. The normalized spacial score (nSPS) is 15.3. The summed E-state index contributed by atoms with van der Waals surface area (Å²) in [6, 6.07) is 8.03. The summed E-state index contributed by atoms with van der Waals surface area (Å²) in [5.74, 6) is 1.46. The van der Waals surface area contributed by atoms with Gasteiger partial charge in [0.15, 0.2) is 11.6 Å². The Hall–Kier alpha value is -3.86. The Morgan fingerprint density at radius 1 is 1.24 bits per heavy atom. The van der Waals surface area contributed by atoms with Gasteiger partial charge >= 0.3 is 0 Å². The zero-order valence-corrected chi connectivity index (χ0v) is 19.1. The Bertz CT molecular complexity index is 1420. The Labute approximate surface area is 191 Å². The van der Waals surface area contributed by atoms with Gasteiger partial charge in [0.2, 0.25) is 0 Å². The molecule has 4 heterocycles. The van der Waals surface area contributed by atoms with E-state index < -0.39 is 0 Å². The van der Waals surface area contributed by atoms with Crippen molar-refractivity contribution in [3.8, 4) is 17.7 Å². The quantitative estimate of drug-likeness (QED) is 0.338. The van der Waals surface area contributed by atoms with Crippen molar-refractivity contribution in [3.63, 3.8) is 0 Å². The van der Waals surface area contributed by atoms with Crippen molar-refractivity contribution in [1.82, 2.24) is 24.0 Å². The smallest absolute Gasteiger partial charge is 0.264 e. The molecule has 1 saturated carbocycles. The number of carbonyl (C=O) groups is 1. The summed E-state index contributed by atoms with van der Waals surface area (Å²) < 4.78 is 10.4. The van der Waals surface area contributed by atoms with Crippen LogP contribution in [0, 0.1) is 11.3 Å². The molecule has 8 nitrogen and oxygen atoms in total. The minimum atomic E-state index is -0.359. The predicted octanol–water partition coefficient (Wildman–Crippen LogP) is 4.68. The Kier molecular flexibility index (Phi) is 5.25. The molecule has 0 N–H and O–H groups in total. The second kappa shape index (κ2) is 8.24. The number of rotatable bonds is 4. The van der Waals surface area contributed by atoms with Crippen LogP contribution in [-0.2, 0) is 11.8 Å². The van der Waals surface area contributed by atoms with Gasteiger partial charge in [-0.25, -0.2) is 9.97 Å². The Balaban J connectivity index is 1.67. The van der Waals surface area contributed by atoms with Crippen LogP contribution in [0.4, 0.5) is 0 Å². The predicted molar refractivity (Wildman–Crippen MR) is 126 cm³/mol. The molecule has 0 unspecified atom stereocenters. The van der Waals surface area contributed by atoms with Crippen LogP contribution in [-0.4, -0.2) is 44.0 Å². The summed E-state index contributed by atoms with van der Waals surface area (Å²) >= 11 is 0. The molecular formula is C25H26N6O2. The zero-order chi connectivity index (χ0) is 23.1. The SMILES string of the molecule is CN(C)C(=O)C(C#N)=Cc1ccc(-c2nc3cnc4c(ccn4C)c3n2C2CCCCC2)o1. The van der Waals surface area contributed by atoms with Crippen molar-refractivity contribution >= 4 is 34.1 Å². The Morgan fingerprint density at radius 3 is 2.76 bits per heavy atom. The zero-order valence-electron chi connectivity index (χ0n) is 19.1. The van der Waals surface area contributed by atoms with Gasteiger partial charge in [-0.15, -0.1) is 0 Å². The fourth-order valence-corrected chi connectivity index (χ4v) is 4.74. The van der Waals surface area contributed by atoms with Crippen molar-refractivity contribution in [3.05, 3.63) is 41.9 Å². The number of aryl methyl sites for hydroxylation is 1. The molecular weight excluding hydrogens is 416 g/mol. The minimum absolute atomic E-state index is 0.0249. The van der Waals surface area contributed by atoms with E-state index in [2.05, 4.69) is 15.6 Å². The van der Waals surface area contributed by atoms with Crippen molar-refractivity contribution in [1.29, 1.82) is 5.26 Å². The maximum Gasteiger partial charge on any atom is 0.264 e. The lowest BCUT2D eigenvalue weighted by molar-refractivity contribution is -0.124. The number of hydrogen-bond acceptors (Lipinski definition) is 5. The molecule has 168 valence electrons. The lowest BCUT2D eigenvalue weighted by Crippen LogP contribution is -2.22. The third kappa shape index (κ3) is 3.59. The molecule has 4 aromatic heterocycles. The first-order chi connectivity index (χ1) is 16.0. The van der Waals surface area contributed by atoms with E-state index in [9.17, 15) is 10.1 Å². The van der Waals surface area contributed by atoms with Crippen LogP contribution in [0.3, 0.4) is 0 Å². The van der Waals surface area contributed by atoms with Gasteiger partial charge < -0.3 is 18.5 Å². The number of imidazole rings is 1. The monoisotopic (exact) mass is 442 g/mol. The number of fused-ring (bicyclic) bond motifs is 3. The highest BCUT2D eigenvalue weighted by Crippen LogP contribution is 2.38. The molecule has 0 bridgehead atoms. The number of hydrogen-bond donors (Lipinski definition) is 0. The average Bonchev–Trinajstić information content (AvgIpc) is 3.54. The molecule has 1 aliphatic carbocycles. The van der Waals surface area contributed by atoms with Crippen molar-refractivity contribution in [2.75, 3.05) is 14.1 Å². The summed E-state index contributed by atoms with van der Waals surface area (Å²) in [7, 11) is 5.23. The maximum atomic E-state index is 12.2. The van der Waals surface area contributed by atoms with E-state index in [0.29, 0.717) is 17.6 Å². The van der Waals surface area contributed by atoms with E-state index in [0.717, 1.165) is 40.7 Å². The molecule has 1 fully saturated rings. The molecule has 8 heteroatoms. The highest BCUT2D eigenvalue weighted by atomic mass is 16.3. The first-order valence-corrected chi connectivity index (χ1v) is 11.2. The van der Waals surface area contributed by atoms with E-state index in [4.69, 9.17) is 9.40 Å². The van der Waals surface area contributed by atoms with Gasteiger partial charge in [0.05, 0.1) is 11.7 Å². The summed E-state index contributed by atoms with van der Waals surface area (Å²) in [5.41, 5.74) is 2.87. The first-order valence-electron chi connectivity index (χ1n) is 11.2. The second-order valence-electron chi connectivity index (χ2n) is 8.82. The Morgan fingerprint density at radius 2 is 2.03 bits per heavy atom. The molecule has 0 aliphatic heterocycles. The van der Waals surface area contributed by atoms with Gasteiger partial charge in [0.25, 0.3) is 5.91 Å². The van der Waals surface area contributed by atoms with Crippen molar-refractivity contribution in [2.45, 2.75) is 38.1 Å². The molecule has 0 spiro atoms. The van der Waals surface area contributed by atoms with Crippen LogP contribution < -0.4 is 0 Å². The largest absolute Gasteiger partial charge is 0.453 e. The molecule has 4 aromatic rings. The van der Waals surface area contributed by atoms with Crippen LogP contribution in [0.2, 0.25) is 0 Å². The van der Waals surface area contributed by atoms with Crippen molar-refractivity contribution in [2.24, 2.45) is 7.05 Å². The van der Waals surface area contributed by atoms with Crippen LogP contribution in [0.25, 0.3) is 39.7 Å². The summed E-state index contributed by atoms with van der Waals surface area (Å²) in [5, 5.41) is 10.5. The number of amides is 1. The number of furan rings is 1. The molecule has 0 atom stereocenters. The fourth-order valence-electron chi connectivity index (χ4n) is 4.74. The molecule has 1 amide bonds. The number of likely N-dealkylation sites (N-methyl/N-ethyl adjacent to an activating group) is 1. The van der Waals surface area contributed by atoms with Crippen LogP contribution in [0.5, 0.6) is 0 Å². The van der Waals surface area contributed by atoms with Gasteiger partial charge in [-0.3, -0.25) is 4.79 Å². The summed E-state index contributed by atoms with van der Waals surface area (Å²) in [4.78, 5) is 23.2. The van der Waals surface area contributed by atoms with E-state index in [1.54, 1.807) is 20.2 Å². The minimum Gasteiger partial charge on any atom is -0.453 e. The number of pyridine rings is 1. The van der Waals surface area contributed by atoms with Gasteiger partial charge in [-0.1, -0.05) is 19.3 Å². The molecule has 0 saturated heterocycles. The van der Waals surface area contributed by atoms with Crippen LogP contribution in [0.15, 0.2) is 40.6 Å². The molecule has 0 radical (unpaired) electrons. The highest BCUT2D eigenvalue weighted by Gasteiger charge is 2.26. The molecule has 1 aliphatic rings. The maximum absolute atomic E-state index is 12.2. The topological polar surface area (TPSA) is 92.9 Å². The van der Waals surface area contributed by atoms with Gasteiger partial charge in [-0.2, -0.15) is 5.26 Å². The second-order valence-corrected chi connectivity index (χ2v) is 8.82. The molecule has 33 heavy (non-hydrogen) atoms. The fraction of sp³-hybridized carbons (Fsp3) is 0.360. The van der Waals surface area contributed by atoms with Gasteiger partial charge in [0.1, 0.15) is 28.6 Å². The van der Waals surface area contributed by atoms with E-state index >= 15 is 0 Å². The van der Waals surface area contributed by atoms with Gasteiger partial charge in [0, 0.05) is 44.8 Å². The van der Waals surface area contributed by atoms with E-state index in [1.807, 2.05) is 36.1 Å². The third-order valence-electron chi connectivity index (χ3n) is 6.37. The van der Waals surface area contributed by atoms with Crippen LogP contribution >= 0.6 is 0 Å². The number of aromatic nitrogens is 4. The molecule has 0 aromatic carbocycles. The van der Waals surface area contributed by atoms with Crippen LogP contribution in [0.1, 0.15) is 43.9 Å². The molecule has 5 rings (SSSR count). The lowest BCUT2D eigenvalue weighted by atomic mass is 9.95. The van der Waals surface area contributed by atoms with Gasteiger partial charge in [-0.05, 0) is 31.0 Å². The average molecular weight is 443 g/mol. The summed E-state index contributed by atoms with van der Waals surface area (Å²) in [6.45, 7) is 0. The van der Waals surface area contributed by atoms with E-state index in [1.165, 1.54) is 30.2 Å². The number of nitriles is 1. The first kappa shape index (κ1) is 21.0. The number of carbonyl (C=O) groups excluding carboxylic acids is 1.